The number of rotatable bonds is 4. The quantitative estimate of drug-likeness (QED) is 0.640. The van der Waals surface area contributed by atoms with Crippen molar-refractivity contribution >= 4 is 35.2 Å². The molecule has 2 fully saturated rings. The lowest BCUT2D eigenvalue weighted by Gasteiger charge is -2.31. The first-order valence-electron chi connectivity index (χ1n) is 10.4. The van der Waals surface area contributed by atoms with Crippen molar-refractivity contribution in [2.24, 2.45) is 0 Å². The highest BCUT2D eigenvalue weighted by Crippen LogP contribution is 2.31. The zero-order valence-electron chi connectivity index (χ0n) is 17.3. The van der Waals surface area contributed by atoms with Crippen LogP contribution in [0.4, 0.5) is 0 Å². The second-order valence-electron chi connectivity index (χ2n) is 7.87. The highest BCUT2D eigenvalue weighted by molar-refractivity contribution is 7.98. The number of amides is 2. The van der Waals surface area contributed by atoms with E-state index in [1.165, 1.54) is 0 Å². The third-order valence-electron chi connectivity index (χ3n) is 5.94. The molecule has 0 saturated carbocycles. The van der Waals surface area contributed by atoms with Gasteiger partial charge in [-0.1, -0.05) is 11.6 Å². The molecule has 2 aromatic rings. The number of halogens is 1. The minimum absolute atomic E-state index is 0.0315. The van der Waals surface area contributed by atoms with Gasteiger partial charge in [0.05, 0.1) is 10.6 Å². The molecule has 0 radical (unpaired) electrons. The van der Waals surface area contributed by atoms with Crippen LogP contribution in [0.25, 0.3) is 0 Å². The van der Waals surface area contributed by atoms with Crippen LogP contribution >= 0.6 is 23.4 Å². The van der Waals surface area contributed by atoms with E-state index in [4.69, 9.17) is 16.0 Å². The van der Waals surface area contributed by atoms with Crippen molar-refractivity contribution in [1.82, 2.24) is 14.8 Å². The van der Waals surface area contributed by atoms with Crippen LogP contribution in [0.3, 0.4) is 0 Å². The van der Waals surface area contributed by atoms with Crippen LogP contribution in [-0.4, -0.2) is 59.0 Å². The molecule has 0 bridgehead atoms. The third-order valence-corrected chi connectivity index (χ3v) is 7.00. The first-order valence-corrected chi connectivity index (χ1v) is 12.0. The van der Waals surface area contributed by atoms with Crippen molar-refractivity contribution < 1.29 is 14.0 Å². The summed E-state index contributed by atoms with van der Waals surface area (Å²) >= 11 is 7.87. The zero-order valence-corrected chi connectivity index (χ0v) is 18.9. The normalized spacial score (nSPS) is 17.6. The van der Waals surface area contributed by atoms with Crippen LogP contribution in [0.2, 0.25) is 5.02 Å². The molecule has 0 unspecified atom stereocenters. The van der Waals surface area contributed by atoms with Gasteiger partial charge in [0.25, 0.3) is 11.8 Å². The number of carbonyl (C=O) groups is 2. The molecule has 3 heterocycles. The van der Waals surface area contributed by atoms with Crippen molar-refractivity contribution in [1.29, 1.82) is 0 Å². The molecule has 0 spiro atoms. The highest BCUT2D eigenvalue weighted by Gasteiger charge is 2.31. The highest BCUT2D eigenvalue weighted by atomic mass is 35.5. The number of nitrogens with zero attached hydrogens (tertiary/aromatic N) is 3. The fourth-order valence-electron chi connectivity index (χ4n) is 4.16. The molecule has 2 aliphatic rings. The van der Waals surface area contributed by atoms with Crippen molar-refractivity contribution in [2.45, 2.75) is 43.4 Å². The van der Waals surface area contributed by atoms with Gasteiger partial charge in [0.15, 0.2) is 11.6 Å². The van der Waals surface area contributed by atoms with Gasteiger partial charge in [-0.25, -0.2) is 4.98 Å². The van der Waals surface area contributed by atoms with Gasteiger partial charge in [0, 0.05) is 37.0 Å². The maximum Gasteiger partial charge on any atom is 0.276 e. The van der Waals surface area contributed by atoms with Gasteiger partial charge in [0.2, 0.25) is 0 Å². The number of hydrogen-bond donors (Lipinski definition) is 0. The topological polar surface area (TPSA) is 66.7 Å². The minimum Gasteiger partial charge on any atom is -0.445 e. The SMILES string of the molecule is CSc1ccc(Cl)c(C(=O)N2CCC(c3nc(C(=O)N4CCCC4)c(C)o3)CC2)c1. The van der Waals surface area contributed by atoms with E-state index in [0.29, 0.717) is 41.0 Å². The Labute approximate surface area is 186 Å². The Balaban J connectivity index is 1.42. The molecule has 30 heavy (non-hydrogen) atoms. The summed E-state index contributed by atoms with van der Waals surface area (Å²) in [6, 6.07) is 5.55. The van der Waals surface area contributed by atoms with Crippen LogP contribution in [0.1, 0.15) is 64.1 Å². The van der Waals surface area contributed by atoms with Crippen molar-refractivity contribution in [3.8, 4) is 0 Å². The Morgan fingerprint density at radius 2 is 1.77 bits per heavy atom. The Hall–Kier alpha value is -1.99. The molecular formula is C22H26ClN3O3S. The molecule has 0 N–H and O–H groups in total. The van der Waals surface area contributed by atoms with E-state index in [9.17, 15) is 9.59 Å². The summed E-state index contributed by atoms with van der Waals surface area (Å²) in [5.74, 6) is 1.24. The van der Waals surface area contributed by atoms with Crippen molar-refractivity contribution in [2.75, 3.05) is 32.4 Å². The van der Waals surface area contributed by atoms with Crippen LogP contribution in [0.5, 0.6) is 0 Å². The molecule has 1 aromatic heterocycles. The maximum atomic E-state index is 13.0. The predicted molar refractivity (Wildman–Crippen MR) is 117 cm³/mol. The number of thioether (sulfide) groups is 1. The predicted octanol–water partition coefficient (Wildman–Crippen LogP) is 4.61. The number of hydrogen-bond acceptors (Lipinski definition) is 5. The average molecular weight is 448 g/mol. The number of carbonyl (C=O) groups excluding carboxylic acids is 2. The minimum atomic E-state index is -0.0390. The van der Waals surface area contributed by atoms with Crippen LogP contribution in [-0.2, 0) is 0 Å². The molecule has 8 heteroatoms. The largest absolute Gasteiger partial charge is 0.445 e. The zero-order chi connectivity index (χ0) is 21.3. The Morgan fingerprint density at radius 1 is 1.10 bits per heavy atom. The van der Waals surface area contributed by atoms with Crippen molar-refractivity contribution in [3.63, 3.8) is 0 Å². The molecule has 160 valence electrons. The lowest BCUT2D eigenvalue weighted by atomic mass is 9.96. The van der Waals surface area contributed by atoms with Gasteiger partial charge in [-0.15, -0.1) is 11.8 Å². The van der Waals surface area contributed by atoms with E-state index >= 15 is 0 Å². The summed E-state index contributed by atoms with van der Waals surface area (Å²) in [6.07, 6.45) is 5.58. The molecule has 0 atom stereocenters. The van der Waals surface area contributed by atoms with Gasteiger partial charge in [-0.05, 0) is 57.1 Å². The van der Waals surface area contributed by atoms with E-state index < -0.39 is 0 Å². The van der Waals surface area contributed by atoms with Crippen LogP contribution in [0.15, 0.2) is 27.5 Å². The fourth-order valence-corrected chi connectivity index (χ4v) is 4.79. The number of aromatic nitrogens is 1. The Kier molecular flexibility index (Phi) is 6.39. The second kappa shape index (κ2) is 9.02. The summed E-state index contributed by atoms with van der Waals surface area (Å²) in [5, 5.41) is 0.480. The fraction of sp³-hybridized carbons (Fsp3) is 0.500. The lowest BCUT2D eigenvalue weighted by Crippen LogP contribution is -2.38. The number of piperidine rings is 1. The molecule has 4 rings (SSSR count). The Bertz CT molecular complexity index is 947. The lowest BCUT2D eigenvalue weighted by molar-refractivity contribution is 0.0705. The summed E-state index contributed by atoms with van der Waals surface area (Å²) < 4.78 is 5.88. The maximum absolute atomic E-state index is 13.0. The molecule has 2 aliphatic heterocycles. The molecule has 1 aromatic carbocycles. The summed E-state index contributed by atoms with van der Waals surface area (Å²) in [6.45, 7) is 4.61. The second-order valence-corrected chi connectivity index (χ2v) is 9.16. The van der Waals surface area contributed by atoms with E-state index in [0.717, 1.165) is 43.7 Å². The summed E-state index contributed by atoms with van der Waals surface area (Å²) in [7, 11) is 0. The number of aryl methyl sites for hydroxylation is 1. The first-order chi connectivity index (χ1) is 14.5. The van der Waals surface area contributed by atoms with Crippen LogP contribution < -0.4 is 0 Å². The van der Waals surface area contributed by atoms with E-state index in [1.807, 2.05) is 28.2 Å². The standard InChI is InChI=1S/C22H26ClN3O3S/c1-14-19(22(28)25-9-3-4-10-25)24-20(29-14)15-7-11-26(12-8-15)21(27)17-13-16(30-2)5-6-18(17)23/h5-6,13,15H,3-4,7-12H2,1-2H3. The number of benzene rings is 1. The van der Waals surface area contributed by atoms with Gasteiger partial charge >= 0.3 is 0 Å². The Morgan fingerprint density at radius 3 is 2.43 bits per heavy atom. The average Bonchev–Trinajstić information content (AvgIpc) is 3.43. The van der Waals surface area contributed by atoms with Crippen LogP contribution in [0, 0.1) is 6.92 Å². The summed E-state index contributed by atoms with van der Waals surface area (Å²) in [5.41, 5.74) is 0.985. The van der Waals surface area contributed by atoms with Gasteiger partial charge in [-0.3, -0.25) is 9.59 Å². The molecule has 0 aliphatic carbocycles. The molecular weight excluding hydrogens is 422 g/mol. The van der Waals surface area contributed by atoms with Gasteiger partial charge < -0.3 is 14.2 Å². The number of likely N-dealkylation sites (tertiary alicyclic amines) is 2. The van der Waals surface area contributed by atoms with E-state index in [-0.39, 0.29) is 17.7 Å². The molecule has 6 nitrogen and oxygen atoms in total. The third kappa shape index (κ3) is 4.23. The van der Waals surface area contributed by atoms with Gasteiger partial charge in [0.1, 0.15) is 5.76 Å². The number of oxazole rings is 1. The molecule has 2 saturated heterocycles. The first kappa shape index (κ1) is 21.2. The summed E-state index contributed by atoms with van der Waals surface area (Å²) in [4.78, 5) is 34.9. The monoisotopic (exact) mass is 447 g/mol. The van der Waals surface area contributed by atoms with Crippen molar-refractivity contribution in [3.05, 3.63) is 46.1 Å². The molecule has 2 amide bonds. The smallest absolute Gasteiger partial charge is 0.276 e. The van der Waals surface area contributed by atoms with E-state index in [1.54, 1.807) is 24.8 Å². The van der Waals surface area contributed by atoms with E-state index in [2.05, 4.69) is 4.98 Å². The van der Waals surface area contributed by atoms with Gasteiger partial charge in [-0.2, -0.15) is 0 Å².